The first-order valence-electron chi connectivity index (χ1n) is 27.4. The second kappa shape index (κ2) is 30.7. The van der Waals surface area contributed by atoms with Crippen molar-refractivity contribution in [1.82, 2.24) is 67.1 Å². The number of amides is 7. The highest BCUT2D eigenvalue weighted by Crippen LogP contribution is 2.15. The highest BCUT2D eigenvalue weighted by Gasteiger charge is 2.36. The molecule has 440 valence electrons. The number of carboxylic acids is 1. The van der Waals surface area contributed by atoms with Crippen LogP contribution in [-0.2, 0) is 83.3 Å². The summed E-state index contributed by atoms with van der Waals surface area (Å²) in [6, 6.07) is 22.0. The van der Waals surface area contributed by atoms with Crippen molar-refractivity contribution < 1.29 is 48.6 Å². The monoisotopic (exact) mass is 1150 g/mol. The number of benzene rings is 4. The van der Waals surface area contributed by atoms with E-state index in [2.05, 4.69) is 67.1 Å². The van der Waals surface area contributed by atoms with E-state index in [0.29, 0.717) is 33.8 Å². The van der Waals surface area contributed by atoms with Gasteiger partial charge in [0.25, 0.3) is 0 Å². The Balaban J connectivity index is 1.11. The van der Waals surface area contributed by atoms with Gasteiger partial charge in [0, 0.05) is 57.1 Å². The van der Waals surface area contributed by atoms with Gasteiger partial charge in [-0.2, -0.15) is 0 Å². The molecule has 84 heavy (non-hydrogen) atoms. The predicted molar refractivity (Wildman–Crippen MR) is 308 cm³/mol. The minimum absolute atomic E-state index is 0.0337. The van der Waals surface area contributed by atoms with Crippen molar-refractivity contribution in [2.24, 2.45) is 11.7 Å². The predicted octanol–water partition coefficient (Wildman–Crippen LogP) is 1.41. The van der Waals surface area contributed by atoms with Crippen LogP contribution in [0.3, 0.4) is 0 Å². The van der Waals surface area contributed by atoms with E-state index in [-0.39, 0.29) is 63.0 Å². The molecule has 0 saturated heterocycles. The van der Waals surface area contributed by atoms with Crippen LogP contribution in [0.1, 0.15) is 59.6 Å². The van der Waals surface area contributed by atoms with Crippen LogP contribution in [0.25, 0.3) is 0 Å². The fourth-order valence-corrected chi connectivity index (χ4v) is 9.23. The SMILES string of the molecule is CC(C)C[C@H](NC(=O)[C@H](Cc1c[nH]cn1)NC(=O)[C@H](Cc1ccccc1)NC(=O)[C@@H](N)Cc1ccccc1)C(=O)N[C@@H](Cc1c[nH]cn1)C(=O)N[C@@H](Cc1ccccc1)C(=O)N[C@@H](Cc1c[nH]cn1)C(=O)N[C@@H](Cc1ccc(O)cc1)C(=O)O. The molecular formula is C60H70N14O10. The van der Waals surface area contributed by atoms with Gasteiger partial charge in [-0.25, -0.2) is 19.7 Å². The number of aromatic hydroxyl groups is 1. The number of phenolic OH excluding ortho intramolecular Hbond substituents is 1. The van der Waals surface area contributed by atoms with Crippen molar-refractivity contribution >= 4 is 47.3 Å². The topological polar surface area (TPSA) is 373 Å². The van der Waals surface area contributed by atoms with Crippen molar-refractivity contribution in [1.29, 1.82) is 0 Å². The molecule has 3 heterocycles. The number of hydrogen-bond acceptors (Lipinski definition) is 13. The molecule has 7 aromatic rings. The van der Waals surface area contributed by atoms with Crippen molar-refractivity contribution in [2.75, 3.05) is 0 Å². The minimum atomic E-state index is -1.45. The first-order chi connectivity index (χ1) is 40.5. The molecule has 7 rings (SSSR count). The van der Waals surface area contributed by atoms with E-state index in [0.717, 1.165) is 5.56 Å². The van der Waals surface area contributed by atoms with Gasteiger partial charge >= 0.3 is 5.97 Å². The molecule has 14 N–H and O–H groups in total. The third kappa shape index (κ3) is 19.4. The van der Waals surface area contributed by atoms with E-state index < -0.39 is 95.7 Å². The lowest BCUT2D eigenvalue weighted by atomic mass is 10.00. The summed E-state index contributed by atoms with van der Waals surface area (Å²) in [7, 11) is 0. The second-order valence-electron chi connectivity index (χ2n) is 20.7. The molecule has 0 aliphatic heterocycles. The summed E-state index contributed by atoms with van der Waals surface area (Å²) in [5.74, 6) is -7.04. The Labute approximate surface area is 484 Å². The zero-order chi connectivity index (χ0) is 60.0. The Morgan fingerprint density at radius 2 is 0.702 bits per heavy atom. The van der Waals surface area contributed by atoms with Gasteiger partial charge in [0.1, 0.15) is 48.0 Å². The quantitative estimate of drug-likeness (QED) is 0.0292. The molecule has 4 aromatic carbocycles. The van der Waals surface area contributed by atoms with Gasteiger partial charge in [-0.3, -0.25) is 33.6 Å². The molecular weight excluding hydrogens is 1080 g/mol. The van der Waals surface area contributed by atoms with Crippen LogP contribution in [0.5, 0.6) is 5.75 Å². The molecule has 7 amide bonds. The van der Waals surface area contributed by atoms with Crippen LogP contribution >= 0.6 is 0 Å². The van der Waals surface area contributed by atoms with Crippen molar-refractivity contribution in [3.63, 3.8) is 0 Å². The molecule has 0 aliphatic carbocycles. The number of imidazole rings is 3. The average molecular weight is 1150 g/mol. The first kappa shape index (κ1) is 61.6. The zero-order valence-corrected chi connectivity index (χ0v) is 46.4. The molecule has 0 bridgehead atoms. The molecule has 24 heteroatoms. The lowest BCUT2D eigenvalue weighted by Crippen LogP contribution is -2.61. The summed E-state index contributed by atoms with van der Waals surface area (Å²) in [5.41, 5.74) is 10.1. The Morgan fingerprint density at radius 3 is 1.05 bits per heavy atom. The van der Waals surface area contributed by atoms with Gasteiger partial charge < -0.3 is 68.1 Å². The number of rotatable bonds is 31. The smallest absolute Gasteiger partial charge is 0.326 e. The first-order valence-corrected chi connectivity index (χ1v) is 27.4. The molecule has 0 unspecified atom stereocenters. The number of aliphatic carboxylic acids is 1. The summed E-state index contributed by atoms with van der Waals surface area (Å²) in [6.45, 7) is 3.65. The lowest BCUT2D eigenvalue weighted by molar-refractivity contribution is -0.142. The number of hydrogen-bond donors (Lipinski definition) is 13. The van der Waals surface area contributed by atoms with Crippen molar-refractivity contribution in [3.05, 3.63) is 192 Å². The van der Waals surface area contributed by atoms with E-state index in [1.54, 1.807) is 60.8 Å². The summed E-state index contributed by atoms with van der Waals surface area (Å²) in [5, 5.41) is 39.1. The Bertz CT molecular complexity index is 3220. The molecule has 8 atom stereocenters. The highest BCUT2D eigenvalue weighted by atomic mass is 16.4. The fourth-order valence-electron chi connectivity index (χ4n) is 9.23. The maximum atomic E-state index is 14.8. The largest absolute Gasteiger partial charge is 0.508 e. The van der Waals surface area contributed by atoms with E-state index in [1.165, 1.54) is 55.6 Å². The number of carbonyl (C=O) groups excluding carboxylic acids is 7. The molecule has 0 saturated carbocycles. The number of aromatic amines is 3. The molecule has 0 radical (unpaired) electrons. The Hall–Kier alpha value is -9.97. The molecule has 3 aromatic heterocycles. The number of nitrogens with zero attached hydrogens (tertiary/aromatic N) is 3. The van der Waals surface area contributed by atoms with E-state index in [4.69, 9.17) is 5.73 Å². The summed E-state index contributed by atoms with van der Waals surface area (Å²) < 4.78 is 0. The van der Waals surface area contributed by atoms with Crippen LogP contribution in [0, 0.1) is 5.92 Å². The van der Waals surface area contributed by atoms with Gasteiger partial charge in [-0.15, -0.1) is 0 Å². The van der Waals surface area contributed by atoms with Gasteiger partial charge in [-0.05, 0) is 53.1 Å². The van der Waals surface area contributed by atoms with Gasteiger partial charge in [0.15, 0.2) is 0 Å². The summed E-state index contributed by atoms with van der Waals surface area (Å²) in [4.78, 5) is 135. The molecule has 24 nitrogen and oxygen atoms in total. The average Bonchev–Trinajstić information content (AvgIpc) is 4.39. The third-order valence-corrected chi connectivity index (χ3v) is 13.6. The zero-order valence-electron chi connectivity index (χ0n) is 46.4. The Morgan fingerprint density at radius 1 is 0.405 bits per heavy atom. The summed E-state index contributed by atoms with van der Waals surface area (Å²) in [6.07, 6.45) is 8.20. The number of H-pyrrole nitrogens is 3. The number of carboxylic acid groups (broad SMARTS) is 1. The summed E-state index contributed by atoms with van der Waals surface area (Å²) >= 11 is 0. The molecule has 0 aliphatic rings. The number of carbonyl (C=O) groups is 8. The minimum Gasteiger partial charge on any atom is -0.508 e. The fraction of sp³-hybridized carbons (Fsp3) is 0.317. The van der Waals surface area contributed by atoms with Crippen LogP contribution in [0.4, 0.5) is 0 Å². The lowest BCUT2D eigenvalue weighted by Gasteiger charge is -2.28. The van der Waals surface area contributed by atoms with Crippen LogP contribution in [0.15, 0.2) is 153 Å². The van der Waals surface area contributed by atoms with Crippen molar-refractivity contribution in [2.45, 2.75) is 114 Å². The maximum absolute atomic E-state index is 14.8. The molecule has 0 spiro atoms. The van der Waals surface area contributed by atoms with E-state index in [1.807, 2.05) is 50.2 Å². The number of nitrogens with one attached hydrogen (secondary N) is 10. The standard InChI is InChI=1S/C60H70N14O10/c1-36(2)22-46(69-57(80)49(27-41-30-62-33-65-41)72-55(78)47(24-38-14-8-4-9-15-38)68-53(76)45(61)23-37-12-6-3-7-13-37)54(77)71-50(28-42-31-63-34-66-42)58(81)70-48(25-39-16-10-5-11-17-39)56(79)73-51(29-43-32-64-35-67-43)59(82)74-52(60(83)84)26-40-18-20-44(75)21-19-40/h3-21,30-36,45-52,75H,22-29,61H2,1-2H3,(H,62,65)(H,63,66)(H,64,67)(H,68,76)(H,69,80)(H,70,81)(H,71,77)(H,72,78)(H,73,79)(H,74,82)(H,83,84)/t45-,46-,47-,48-,49-,50-,51-,52-/m0/s1. The molecule has 0 fully saturated rings. The van der Waals surface area contributed by atoms with Gasteiger partial charge in [-0.1, -0.05) is 117 Å². The Kier molecular flexibility index (Phi) is 22.6. The normalized spacial score (nSPS) is 14.0. The number of nitrogens with two attached hydrogens (primary N) is 1. The maximum Gasteiger partial charge on any atom is 0.326 e. The third-order valence-electron chi connectivity index (χ3n) is 13.6. The van der Waals surface area contributed by atoms with E-state index in [9.17, 15) is 48.6 Å². The van der Waals surface area contributed by atoms with Crippen LogP contribution in [0.2, 0.25) is 0 Å². The van der Waals surface area contributed by atoms with Gasteiger partial charge in [0.2, 0.25) is 41.4 Å². The van der Waals surface area contributed by atoms with Gasteiger partial charge in [0.05, 0.1) is 42.1 Å². The highest BCUT2D eigenvalue weighted by molar-refractivity contribution is 5.98. The van der Waals surface area contributed by atoms with Crippen LogP contribution in [-0.4, -0.2) is 136 Å². The van der Waals surface area contributed by atoms with E-state index >= 15 is 0 Å². The van der Waals surface area contributed by atoms with Crippen LogP contribution < -0.4 is 43.0 Å². The number of aromatic nitrogens is 6. The van der Waals surface area contributed by atoms with Crippen molar-refractivity contribution in [3.8, 4) is 5.75 Å². The number of phenols is 1. The second-order valence-corrected chi connectivity index (χ2v) is 20.7.